The maximum Gasteiger partial charge on any atom is 0.160 e. The lowest BCUT2D eigenvalue weighted by molar-refractivity contribution is -0.0309. The third-order valence-electron chi connectivity index (χ3n) is 7.30. The van der Waals surface area contributed by atoms with Crippen LogP contribution in [0.2, 0.25) is 0 Å². The number of aliphatic hydroxyl groups excluding tert-OH is 1. The van der Waals surface area contributed by atoms with Gasteiger partial charge in [-0.1, -0.05) is 13.8 Å². The van der Waals surface area contributed by atoms with Gasteiger partial charge in [-0.2, -0.15) is 0 Å². The van der Waals surface area contributed by atoms with Crippen molar-refractivity contribution in [1.82, 2.24) is 0 Å². The Bertz CT molecular complexity index is 626. The summed E-state index contributed by atoms with van der Waals surface area (Å²) in [7, 11) is 1.62. The number of hydrogen-bond acceptors (Lipinski definition) is 3. The predicted molar refractivity (Wildman–Crippen MR) is 89.8 cm³/mol. The minimum absolute atomic E-state index is 0.0963. The van der Waals surface area contributed by atoms with E-state index in [4.69, 9.17) is 4.74 Å². The fraction of sp³-hybridized carbons (Fsp3) is 0.700. The highest BCUT2D eigenvalue weighted by molar-refractivity contribution is 5.49. The van der Waals surface area contributed by atoms with Gasteiger partial charge in [-0.25, -0.2) is 0 Å². The second kappa shape index (κ2) is 5.14. The van der Waals surface area contributed by atoms with Crippen molar-refractivity contribution in [2.24, 2.45) is 23.2 Å². The van der Waals surface area contributed by atoms with E-state index in [-0.39, 0.29) is 17.3 Å². The first-order valence-corrected chi connectivity index (χ1v) is 9.03. The Labute approximate surface area is 138 Å². The van der Waals surface area contributed by atoms with E-state index in [0.717, 1.165) is 25.7 Å². The zero-order chi connectivity index (χ0) is 16.4. The summed E-state index contributed by atoms with van der Waals surface area (Å²) in [5, 5.41) is 20.8. The van der Waals surface area contributed by atoms with Gasteiger partial charge in [0.25, 0.3) is 0 Å². The number of rotatable bonds is 1. The molecular weight excluding hydrogens is 288 g/mol. The lowest BCUT2D eigenvalue weighted by atomic mass is 9.55. The van der Waals surface area contributed by atoms with Crippen molar-refractivity contribution in [2.75, 3.05) is 7.11 Å². The SMILES string of the molecule is COc1cc2c(cc1O)CC[C@@H]1[C@@H]2CC[C@]2(C)[C@@H](O)[C@H](C)C[C@@H]12. The van der Waals surface area contributed by atoms with Gasteiger partial charge in [0, 0.05) is 0 Å². The molecule has 1 aromatic rings. The molecule has 6 atom stereocenters. The molecule has 3 aliphatic carbocycles. The summed E-state index contributed by atoms with van der Waals surface area (Å²) in [5.74, 6) is 3.12. The van der Waals surface area contributed by atoms with Gasteiger partial charge < -0.3 is 14.9 Å². The largest absolute Gasteiger partial charge is 0.504 e. The first kappa shape index (κ1) is 15.3. The van der Waals surface area contributed by atoms with Crippen LogP contribution in [-0.4, -0.2) is 23.4 Å². The number of methoxy groups -OCH3 is 1. The highest BCUT2D eigenvalue weighted by Gasteiger charge is 2.56. The number of phenols is 1. The molecule has 0 amide bonds. The highest BCUT2D eigenvalue weighted by atomic mass is 16.5. The van der Waals surface area contributed by atoms with Gasteiger partial charge in [0.1, 0.15) is 0 Å². The van der Waals surface area contributed by atoms with Gasteiger partial charge in [-0.3, -0.25) is 0 Å². The molecule has 2 saturated carbocycles. The number of phenolic OH excluding ortho intramolecular Hbond substituents is 1. The van der Waals surface area contributed by atoms with Crippen molar-refractivity contribution in [2.45, 2.75) is 58.0 Å². The summed E-state index contributed by atoms with van der Waals surface area (Å²) in [6, 6.07) is 3.98. The first-order chi connectivity index (χ1) is 11.0. The quantitative estimate of drug-likeness (QED) is 0.827. The molecule has 4 rings (SSSR count). The van der Waals surface area contributed by atoms with Crippen LogP contribution in [0.1, 0.15) is 56.6 Å². The normalized spacial score (nSPS) is 41.8. The lowest BCUT2D eigenvalue weighted by Gasteiger charge is -2.50. The number of aromatic hydroxyl groups is 1. The maximum absolute atomic E-state index is 10.7. The van der Waals surface area contributed by atoms with Crippen LogP contribution in [0.15, 0.2) is 12.1 Å². The number of benzene rings is 1. The van der Waals surface area contributed by atoms with E-state index in [1.165, 1.54) is 17.5 Å². The van der Waals surface area contributed by atoms with Crippen LogP contribution < -0.4 is 4.74 Å². The summed E-state index contributed by atoms with van der Waals surface area (Å²) in [6.07, 6.45) is 5.47. The van der Waals surface area contributed by atoms with Crippen LogP contribution in [0.3, 0.4) is 0 Å². The Kier molecular flexibility index (Phi) is 3.42. The Balaban J connectivity index is 1.72. The molecule has 0 radical (unpaired) electrons. The van der Waals surface area contributed by atoms with Crippen LogP contribution in [0.4, 0.5) is 0 Å². The van der Waals surface area contributed by atoms with E-state index < -0.39 is 0 Å². The van der Waals surface area contributed by atoms with Crippen molar-refractivity contribution in [3.8, 4) is 11.5 Å². The smallest absolute Gasteiger partial charge is 0.160 e. The zero-order valence-corrected chi connectivity index (χ0v) is 14.4. The molecule has 23 heavy (non-hydrogen) atoms. The zero-order valence-electron chi connectivity index (χ0n) is 14.4. The summed E-state index contributed by atoms with van der Waals surface area (Å²) in [5.41, 5.74) is 2.77. The molecule has 2 N–H and O–H groups in total. The Hall–Kier alpha value is -1.22. The summed E-state index contributed by atoms with van der Waals surface area (Å²) >= 11 is 0. The van der Waals surface area contributed by atoms with Gasteiger partial charge in [-0.05, 0) is 84.5 Å². The van der Waals surface area contributed by atoms with Crippen LogP contribution >= 0.6 is 0 Å². The topological polar surface area (TPSA) is 49.7 Å². The standard InChI is InChI=1S/C20H28O3/c1-11-8-16-14-5-4-12-9-17(21)18(23-3)10-15(12)13(14)6-7-20(16,2)19(11)22/h9-11,13-14,16,19,21-22H,4-8H2,1-3H3/t11-,13+,14-,16+,19+,20+/m1/s1. The van der Waals surface area contributed by atoms with Gasteiger partial charge in [-0.15, -0.1) is 0 Å². The molecule has 2 fully saturated rings. The molecule has 3 nitrogen and oxygen atoms in total. The molecular formula is C20H28O3. The van der Waals surface area contributed by atoms with Crippen LogP contribution in [0.25, 0.3) is 0 Å². The molecule has 0 spiro atoms. The fourth-order valence-corrected chi connectivity index (χ4v) is 6.09. The Morgan fingerprint density at radius 1 is 1.26 bits per heavy atom. The van der Waals surface area contributed by atoms with Crippen molar-refractivity contribution >= 4 is 0 Å². The van der Waals surface area contributed by atoms with Crippen LogP contribution in [0, 0.1) is 23.2 Å². The molecule has 0 heterocycles. The van der Waals surface area contributed by atoms with Crippen LogP contribution in [0.5, 0.6) is 11.5 Å². The van der Waals surface area contributed by atoms with E-state index in [9.17, 15) is 10.2 Å². The minimum atomic E-state index is -0.149. The maximum atomic E-state index is 10.7. The highest BCUT2D eigenvalue weighted by Crippen LogP contribution is 2.62. The Morgan fingerprint density at radius 2 is 2.04 bits per heavy atom. The molecule has 1 aromatic carbocycles. The first-order valence-electron chi connectivity index (χ1n) is 9.03. The van der Waals surface area contributed by atoms with Crippen molar-refractivity contribution < 1.29 is 14.9 Å². The average Bonchev–Trinajstić information content (AvgIpc) is 2.77. The number of aryl methyl sites for hydroxylation is 1. The molecule has 0 unspecified atom stereocenters. The van der Waals surface area contributed by atoms with E-state index in [2.05, 4.69) is 19.9 Å². The van der Waals surface area contributed by atoms with E-state index in [0.29, 0.717) is 29.4 Å². The third kappa shape index (κ3) is 2.05. The molecule has 0 aromatic heterocycles. The summed E-state index contributed by atoms with van der Waals surface area (Å²) < 4.78 is 5.34. The van der Waals surface area contributed by atoms with Gasteiger partial charge >= 0.3 is 0 Å². The van der Waals surface area contributed by atoms with Gasteiger partial charge in [0.15, 0.2) is 11.5 Å². The van der Waals surface area contributed by atoms with Crippen LogP contribution in [-0.2, 0) is 6.42 Å². The molecule has 3 aliphatic rings. The van der Waals surface area contributed by atoms with Crippen molar-refractivity contribution in [3.63, 3.8) is 0 Å². The summed E-state index contributed by atoms with van der Waals surface area (Å²) in [6.45, 7) is 4.52. The number of hydrogen-bond donors (Lipinski definition) is 2. The molecule has 0 aliphatic heterocycles. The number of fused-ring (bicyclic) bond motifs is 5. The van der Waals surface area contributed by atoms with E-state index in [1.54, 1.807) is 7.11 Å². The number of aliphatic hydroxyl groups is 1. The van der Waals surface area contributed by atoms with E-state index >= 15 is 0 Å². The third-order valence-corrected chi connectivity index (χ3v) is 7.30. The molecule has 3 heteroatoms. The monoisotopic (exact) mass is 316 g/mol. The average molecular weight is 316 g/mol. The van der Waals surface area contributed by atoms with Gasteiger partial charge in [0.05, 0.1) is 13.2 Å². The number of ether oxygens (including phenoxy) is 1. The molecule has 0 saturated heterocycles. The Morgan fingerprint density at radius 3 is 2.78 bits per heavy atom. The second-order valence-corrected chi connectivity index (χ2v) is 8.34. The lowest BCUT2D eigenvalue weighted by Crippen LogP contribution is -2.44. The van der Waals surface area contributed by atoms with Crippen molar-refractivity contribution in [3.05, 3.63) is 23.3 Å². The molecule has 126 valence electrons. The second-order valence-electron chi connectivity index (χ2n) is 8.34. The van der Waals surface area contributed by atoms with Crippen molar-refractivity contribution in [1.29, 1.82) is 0 Å². The van der Waals surface area contributed by atoms with E-state index in [1.807, 2.05) is 6.07 Å². The summed E-state index contributed by atoms with van der Waals surface area (Å²) in [4.78, 5) is 0. The predicted octanol–water partition coefficient (Wildman–Crippen LogP) is 3.86. The molecule has 0 bridgehead atoms. The fourth-order valence-electron chi connectivity index (χ4n) is 6.09. The van der Waals surface area contributed by atoms with Gasteiger partial charge in [0.2, 0.25) is 0 Å². The minimum Gasteiger partial charge on any atom is -0.504 e.